The maximum Gasteiger partial charge on any atom is 0.237 e. The molecular formula is C18H19FN4OS. The summed E-state index contributed by atoms with van der Waals surface area (Å²) in [6.07, 6.45) is 0.642. The van der Waals surface area contributed by atoms with Gasteiger partial charge in [-0.2, -0.15) is 5.26 Å². The molecule has 0 aliphatic heterocycles. The smallest absolute Gasteiger partial charge is 0.237 e. The predicted molar refractivity (Wildman–Crippen MR) is 95.9 cm³/mol. The molecule has 0 spiro atoms. The van der Waals surface area contributed by atoms with Gasteiger partial charge in [0.15, 0.2) is 0 Å². The van der Waals surface area contributed by atoms with E-state index in [-0.39, 0.29) is 11.7 Å². The van der Waals surface area contributed by atoms with E-state index in [1.165, 1.54) is 17.8 Å². The number of nitrogens with one attached hydrogen (secondary N) is 1. The molecule has 0 fully saturated rings. The summed E-state index contributed by atoms with van der Waals surface area (Å²) in [5.74, 6) is -0.0254. The molecule has 2 aromatic rings. The minimum Gasteiger partial charge on any atom is -0.325 e. The highest BCUT2D eigenvalue weighted by molar-refractivity contribution is 8.00. The van der Waals surface area contributed by atoms with E-state index in [0.717, 1.165) is 0 Å². The molecule has 0 radical (unpaired) electrons. The Balaban J connectivity index is 2.17. The molecule has 1 aromatic heterocycles. The zero-order valence-electron chi connectivity index (χ0n) is 14.6. The number of carbonyl (C=O) groups is 1. The average Bonchev–Trinajstić information content (AvgIpc) is 2.57. The maximum absolute atomic E-state index is 13.6. The predicted octanol–water partition coefficient (Wildman–Crippen LogP) is 3.79. The average molecular weight is 358 g/mol. The zero-order valence-corrected chi connectivity index (χ0v) is 15.4. The topological polar surface area (TPSA) is 78.7 Å². The van der Waals surface area contributed by atoms with Crippen molar-refractivity contribution in [3.05, 3.63) is 46.7 Å². The van der Waals surface area contributed by atoms with Crippen LogP contribution in [0.15, 0.2) is 23.2 Å². The van der Waals surface area contributed by atoms with E-state index in [2.05, 4.69) is 21.4 Å². The van der Waals surface area contributed by atoms with Crippen molar-refractivity contribution in [3.8, 4) is 6.07 Å². The van der Waals surface area contributed by atoms with Crippen molar-refractivity contribution in [1.29, 1.82) is 5.26 Å². The van der Waals surface area contributed by atoms with Crippen LogP contribution in [-0.4, -0.2) is 21.1 Å². The lowest BCUT2D eigenvalue weighted by Gasteiger charge is -2.14. The molecule has 1 aromatic carbocycles. The van der Waals surface area contributed by atoms with Crippen molar-refractivity contribution in [2.45, 2.75) is 44.4 Å². The fraction of sp³-hybridized carbons (Fsp3) is 0.333. The Kier molecular flexibility index (Phi) is 6.10. The number of nitriles is 1. The fourth-order valence-corrected chi connectivity index (χ4v) is 3.08. The van der Waals surface area contributed by atoms with Crippen molar-refractivity contribution in [2.75, 3.05) is 5.32 Å². The molecule has 2 rings (SSSR count). The summed E-state index contributed by atoms with van der Waals surface area (Å²) >= 11 is 1.19. The molecule has 0 aliphatic carbocycles. The molecule has 1 atom stereocenters. The van der Waals surface area contributed by atoms with Gasteiger partial charge in [0.05, 0.1) is 10.9 Å². The first-order valence-corrected chi connectivity index (χ1v) is 8.75. The third kappa shape index (κ3) is 4.54. The number of carbonyl (C=O) groups excluding carboxylic acids is 1. The number of nitrogens with zero attached hydrogens (tertiary/aromatic N) is 3. The second kappa shape index (κ2) is 8.08. The minimum absolute atomic E-state index is 0.286. The molecule has 0 unspecified atom stereocenters. The Morgan fingerprint density at radius 2 is 2.12 bits per heavy atom. The molecule has 0 saturated heterocycles. The number of hydrogen-bond acceptors (Lipinski definition) is 5. The first kappa shape index (κ1) is 18.9. The van der Waals surface area contributed by atoms with Crippen LogP contribution in [0.1, 0.15) is 36.5 Å². The molecule has 1 heterocycles. The Labute approximate surface area is 150 Å². The SMILES string of the molecule is CCc1nc(C)c(C#N)c(S[C@@H](C)C(=O)Nc2ccc(C)c(F)c2)n1. The Morgan fingerprint density at radius 1 is 1.40 bits per heavy atom. The first-order chi connectivity index (χ1) is 11.8. The summed E-state index contributed by atoms with van der Waals surface area (Å²) in [6.45, 7) is 7.06. The van der Waals surface area contributed by atoms with Crippen molar-refractivity contribution in [3.63, 3.8) is 0 Å². The molecule has 7 heteroatoms. The number of rotatable bonds is 5. The summed E-state index contributed by atoms with van der Waals surface area (Å²) in [7, 11) is 0. The van der Waals surface area contributed by atoms with Crippen LogP contribution in [0.3, 0.4) is 0 Å². The lowest BCUT2D eigenvalue weighted by Crippen LogP contribution is -2.23. The van der Waals surface area contributed by atoms with Gasteiger partial charge in [-0.1, -0.05) is 24.8 Å². The van der Waals surface area contributed by atoms with E-state index in [9.17, 15) is 14.4 Å². The van der Waals surface area contributed by atoms with Crippen molar-refractivity contribution in [1.82, 2.24) is 9.97 Å². The number of aromatic nitrogens is 2. The van der Waals surface area contributed by atoms with E-state index in [0.29, 0.717) is 39.8 Å². The molecule has 25 heavy (non-hydrogen) atoms. The molecule has 1 amide bonds. The molecule has 0 aliphatic rings. The van der Waals surface area contributed by atoms with Crippen LogP contribution < -0.4 is 5.32 Å². The Bertz CT molecular complexity index is 848. The number of anilines is 1. The van der Waals surface area contributed by atoms with Gasteiger partial charge in [-0.25, -0.2) is 14.4 Å². The van der Waals surface area contributed by atoms with Crippen LogP contribution >= 0.6 is 11.8 Å². The summed E-state index contributed by atoms with van der Waals surface area (Å²) < 4.78 is 13.6. The number of aryl methyl sites for hydroxylation is 3. The second-order valence-electron chi connectivity index (χ2n) is 5.58. The number of benzene rings is 1. The third-order valence-corrected chi connectivity index (χ3v) is 4.71. The van der Waals surface area contributed by atoms with Gasteiger partial charge in [0.2, 0.25) is 5.91 Å². The molecule has 5 nitrogen and oxygen atoms in total. The molecular weight excluding hydrogens is 339 g/mol. The van der Waals surface area contributed by atoms with Gasteiger partial charge >= 0.3 is 0 Å². The quantitative estimate of drug-likeness (QED) is 0.650. The van der Waals surface area contributed by atoms with Crippen LogP contribution in [0.2, 0.25) is 0 Å². The maximum atomic E-state index is 13.6. The number of hydrogen-bond donors (Lipinski definition) is 1. The number of amides is 1. The second-order valence-corrected chi connectivity index (χ2v) is 6.91. The van der Waals surface area contributed by atoms with Crippen LogP contribution in [-0.2, 0) is 11.2 Å². The van der Waals surface area contributed by atoms with Gasteiger partial charge in [-0.15, -0.1) is 0 Å². The van der Waals surface area contributed by atoms with E-state index >= 15 is 0 Å². The van der Waals surface area contributed by atoms with Gasteiger partial charge in [0, 0.05) is 12.1 Å². The summed E-state index contributed by atoms with van der Waals surface area (Å²) in [5.41, 5.74) is 1.89. The number of halogens is 1. The largest absolute Gasteiger partial charge is 0.325 e. The minimum atomic E-state index is -0.504. The standard InChI is InChI=1S/C18H19FN4OS/c1-5-16-21-11(3)14(9-20)18(23-16)25-12(4)17(24)22-13-7-6-10(2)15(19)8-13/h6-8,12H,5H2,1-4H3,(H,22,24)/t12-/m0/s1. The van der Waals surface area contributed by atoms with Gasteiger partial charge < -0.3 is 5.32 Å². The van der Waals surface area contributed by atoms with Crippen LogP contribution in [0.4, 0.5) is 10.1 Å². The van der Waals surface area contributed by atoms with Crippen molar-refractivity contribution in [2.24, 2.45) is 0 Å². The van der Waals surface area contributed by atoms with Gasteiger partial charge in [0.25, 0.3) is 0 Å². The highest BCUT2D eigenvalue weighted by Gasteiger charge is 2.20. The van der Waals surface area contributed by atoms with E-state index in [1.807, 2.05) is 6.92 Å². The third-order valence-electron chi connectivity index (χ3n) is 3.63. The van der Waals surface area contributed by atoms with Crippen molar-refractivity contribution < 1.29 is 9.18 Å². The summed E-state index contributed by atoms with van der Waals surface area (Å²) in [4.78, 5) is 21.0. The highest BCUT2D eigenvalue weighted by atomic mass is 32.2. The van der Waals surface area contributed by atoms with E-state index in [4.69, 9.17) is 0 Å². The summed E-state index contributed by atoms with van der Waals surface area (Å²) in [5, 5.41) is 12.0. The molecule has 130 valence electrons. The van der Waals surface area contributed by atoms with Crippen LogP contribution in [0.5, 0.6) is 0 Å². The monoisotopic (exact) mass is 358 g/mol. The lowest BCUT2D eigenvalue weighted by molar-refractivity contribution is -0.115. The van der Waals surface area contributed by atoms with Gasteiger partial charge in [-0.05, 0) is 38.5 Å². The normalized spacial score (nSPS) is 11.7. The Morgan fingerprint density at radius 3 is 2.72 bits per heavy atom. The lowest BCUT2D eigenvalue weighted by atomic mass is 10.2. The zero-order chi connectivity index (χ0) is 18.6. The number of thioether (sulfide) groups is 1. The van der Waals surface area contributed by atoms with Gasteiger partial charge in [-0.3, -0.25) is 4.79 Å². The van der Waals surface area contributed by atoms with Crippen LogP contribution in [0.25, 0.3) is 0 Å². The highest BCUT2D eigenvalue weighted by Crippen LogP contribution is 2.27. The van der Waals surface area contributed by atoms with Gasteiger partial charge in [0.1, 0.15) is 28.3 Å². The fourth-order valence-electron chi connectivity index (χ4n) is 2.11. The molecule has 1 N–H and O–H groups in total. The first-order valence-electron chi connectivity index (χ1n) is 7.87. The van der Waals surface area contributed by atoms with Crippen molar-refractivity contribution >= 4 is 23.4 Å². The summed E-state index contributed by atoms with van der Waals surface area (Å²) in [6, 6.07) is 6.64. The molecule has 0 saturated carbocycles. The van der Waals surface area contributed by atoms with E-state index < -0.39 is 5.25 Å². The van der Waals surface area contributed by atoms with Crippen LogP contribution in [0, 0.1) is 31.0 Å². The molecule has 0 bridgehead atoms. The Hall–Kier alpha value is -2.46. The van der Waals surface area contributed by atoms with E-state index in [1.54, 1.807) is 32.9 Å².